The molecular formula is C13H17NO. The highest BCUT2D eigenvalue weighted by atomic mass is 16.3. The molecule has 0 spiro atoms. The third-order valence-corrected chi connectivity index (χ3v) is 4.28. The summed E-state index contributed by atoms with van der Waals surface area (Å²) in [6.45, 7) is 0. The van der Waals surface area contributed by atoms with E-state index in [0.29, 0.717) is 11.8 Å². The highest BCUT2D eigenvalue weighted by Gasteiger charge is 2.59. The second-order valence-corrected chi connectivity index (χ2v) is 5.03. The lowest BCUT2D eigenvalue weighted by molar-refractivity contribution is 0.239. The fraction of sp³-hybridized carbons (Fsp3) is 0.538. The summed E-state index contributed by atoms with van der Waals surface area (Å²) in [7, 11) is 0. The van der Waals surface area contributed by atoms with E-state index >= 15 is 0 Å². The zero-order valence-corrected chi connectivity index (χ0v) is 8.82. The number of phenolic OH excluding ortho intramolecular Hbond substituents is 1. The van der Waals surface area contributed by atoms with Crippen molar-refractivity contribution in [3.8, 4) is 5.75 Å². The fourth-order valence-corrected chi connectivity index (χ4v) is 3.06. The molecule has 2 nitrogen and oxygen atoms in total. The molecule has 0 saturated heterocycles. The predicted molar refractivity (Wildman–Crippen MR) is 59.7 cm³/mol. The van der Waals surface area contributed by atoms with Gasteiger partial charge in [0.25, 0.3) is 0 Å². The van der Waals surface area contributed by atoms with E-state index in [1.807, 2.05) is 12.1 Å². The van der Waals surface area contributed by atoms with Gasteiger partial charge in [0.15, 0.2) is 0 Å². The zero-order chi connectivity index (χ0) is 10.5. The Kier molecular flexibility index (Phi) is 1.84. The van der Waals surface area contributed by atoms with Crippen LogP contribution in [0.5, 0.6) is 5.75 Å². The van der Waals surface area contributed by atoms with Crippen molar-refractivity contribution in [1.82, 2.24) is 0 Å². The van der Waals surface area contributed by atoms with Gasteiger partial charge in [0.05, 0.1) is 0 Å². The Hall–Kier alpha value is -1.02. The number of aromatic hydroxyl groups is 1. The normalized spacial score (nSPS) is 34.9. The Labute approximate surface area is 90.1 Å². The lowest BCUT2D eigenvalue weighted by Gasteiger charge is -2.35. The maximum Gasteiger partial charge on any atom is 0.115 e. The van der Waals surface area contributed by atoms with Crippen LogP contribution in [0.1, 0.15) is 31.2 Å². The maximum absolute atomic E-state index is 9.52. The average Bonchev–Trinajstić information content (AvgIpc) is 2.75. The molecule has 0 heterocycles. The molecule has 0 bridgehead atoms. The number of phenols is 1. The molecule has 2 aliphatic carbocycles. The van der Waals surface area contributed by atoms with E-state index in [0.717, 1.165) is 12.3 Å². The first-order valence-corrected chi connectivity index (χ1v) is 5.78. The summed E-state index contributed by atoms with van der Waals surface area (Å²) in [4.78, 5) is 0. The summed E-state index contributed by atoms with van der Waals surface area (Å²) in [6.07, 6.45) is 5.06. The van der Waals surface area contributed by atoms with Crippen LogP contribution in [-0.4, -0.2) is 11.1 Å². The molecule has 2 atom stereocenters. The van der Waals surface area contributed by atoms with E-state index in [2.05, 4.69) is 6.07 Å². The zero-order valence-electron chi connectivity index (χ0n) is 8.82. The molecule has 0 aromatic heterocycles. The average molecular weight is 203 g/mol. The van der Waals surface area contributed by atoms with Crippen molar-refractivity contribution in [2.75, 3.05) is 0 Å². The van der Waals surface area contributed by atoms with E-state index in [-0.39, 0.29) is 5.41 Å². The molecule has 0 aliphatic heterocycles. The van der Waals surface area contributed by atoms with Gasteiger partial charge in [0, 0.05) is 11.5 Å². The van der Waals surface area contributed by atoms with Crippen LogP contribution >= 0.6 is 0 Å². The van der Waals surface area contributed by atoms with Gasteiger partial charge in [-0.2, -0.15) is 0 Å². The van der Waals surface area contributed by atoms with Gasteiger partial charge in [-0.25, -0.2) is 0 Å². The molecule has 3 N–H and O–H groups in total. The largest absolute Gasteiger partial charge is 0.508 e. The molecule has 0 radical (unpaired) electrons. The number of hydrogen-bond donors (Lipinski definition) is 2. The molecule has 1 aromatic rings. The van der Waals surface area contributed by atoms with Crippen LogP contribution < -0.4 is 5.73 Å². The summed E-state index contributed by atoms with van der Waals surface area (Å²) in [5.41, 5.74) is 7.57. The molecule has 1 unspecified atom stereocenters. The first-order valence-electron chi connectivity index (χ1n) is 5.78. The van der Waals surface area contributed by atoms with Crippen LogP contribution in [0.15, 0.2) is 24.3 Å². The van der Waals surface area contributed by atoms with E-state index in [1.54, 1.807) is 6.07 Å². The van der Waals surface area contributed by atoms with Gasteiger partial charge in [0.1, 0.15) is 5.75 Å². The molecule has 2 aliphatic rings. The predicted octanol–water partition coefficient (Wildman–Crippen LogP) is 2.16. The van der Waals surface area contributed by atoms with Gasteiger partial charge in [-0.1, -0.05) is 18.6 Å². The van der Waals surface area contributed by atoms with Crippen molar-refractivity contribution in [2.45, 2.75) is 37.1 Å². The van der Waals surface area contributed by atoms with Gasteiger partial charge in [0.2, 0.25) is 0 Å². The Morgan fingerprint density at radius 1 is 1.33 bits per heavy atom. The van der Waals surface area contributed by atoms with E-state index in [4.69, 9.17) is 5.73 Å². The monoisotopic (exact) mass is 203 g/mol. The third kappa shape index (κ3) is 1.21. The van der Waals surface area contributed by atoms with Crippen LogP contribution in [0.3, 0.4) is 0 Å². The minimum Gasteiger partial charge on any atom is -0.508 e. The van der Waals surface area contributed by atoms with Crippen LogP contribution in [0.4, 0.5) is 0 Å². The molecular weight excluding hydrogens is 186 g/mol. The van der Waals surface area contributed by atoms with Crippen molar-refractivity contribution >= 4 is 0 Å². The number of benzene rings is 1. The minimum atomic E-state index is 0.205. The van der Waals surface area contributed by atoms with Crippen LogP contribution in [-0.2, 0) is 5.41 Å². The lowest BCUT2D eigenvalue weighted by atomic mass is 9.70. The standard InChI is InChI=1S/C13H17NO/c14-12-8-13(12,9-3-1-4-9)10-5-2-6-11(15)7-10/h2,5-7,9,12,15H,1,3-4,8,14H2/t12-,13?/m1/s1. The number of hydrogen-bond acceptors (Lipinski definition) is 2. The SMILES string of the molecule is N[C@@H]1CC1(c1cccc(O)c1)C1CCC1. The first kappa shape index (κ1) is 9.22. The van der Waals surface area contributed by atoms with Gasteiger partial charge in [-0.05, 0) is 42.9 Å². The van der Waals surface area contributed by atoms with Crippen molar-refractivity contribution < 1.29 is 5.11 Å². The van der Waals surface area contributed by atoms with Gasteiger partial charge in [-0.15, -0.1) is 0 Å². The number of rotatable bonds is 2. The Bertz CT molecular complexity index is 386. The smallest absolute Gasteiger partial charge is 0.115 e. The summed E-state index contributed by atoms with van der Waals surface area (Å²) in [6, 6.07) is 7.97. The van der Waals surface area contributed by atoms with Crippen LogP contribution in [0.25, 0.3) is 0 Å². The molecule has 3 rings (SSSR count). The highest BCUT2D eigenvalue weighted by Crippen LogP contribution is 2.59. The van der Waals surface area contributed by atoms with Crippen molar-refractivity contribution in [2.24, 2.45) is 11.7 Å². The Morgan fingerprint density at radius 3 is 2.53 bits per heavy atom. The van der Waals surface area contributed by atoms with E-state index in [9.17, 15) is 5.11 Å². The van der Waals surface area contributed by atoms with Gasteiger partial charge >= 0.3 is 0 Å². The molecule has 2 saturated carbocycles. The van der Waals surface area contributed by atoms with Gasteiger partial charge < -0.3 is 10.8 Å². The van der Waals surface area contributed by atoms with E-state index < -0.39 is 0 Å². The quantitative estimate of drug-likeness (QED) is 0.773. The van der Waals surface area contributed by atoms with Crippen molar-refractivity contribution in [3.05, 3.63) is 29.8 Å². The number of nitrogens with two attached hydrogens (primary N) is 1. The summed E-state index contributed by atoms with van der Waals surface area (Å²) < 4.78 is 0. The van der Waals surface area contributed by atoms with Crippen LogP contribution in [0.2, 0.25) is 0 Å². The second-order valence-electron chi connectivity index (χ2n) is 5.03. The molecule has 0 amide bonds. The summed E-state index contributed by atoms with van der Waals surface area (Å²) in [5, 5.41) is 9.52. The maximum atomic E-state index is 9.52. The molecule has 80 valence electrons. The molecule has 1 aromatic carbocycles. The van der Waals surface area contributed by atoms with Crippen molar-refractivity contribution in [1.29, 1.82) is 0 Å². The summed E-state index contributed by atoms with van der Waals surface area (Å²) in [5.74, 6) is 1.12. The Morgan fingerprint density at radius 2 is 2.07 bits per heavy atom. The fourth-order valence-electron chi connectivity index (χ4n) is 3.06. The Balaban J connectivity index is 1.97. The highest BCUT2D eigenvalue weighted by molar-refractivity contribution is 5.41. The molecule has 15 heavy (non-hydrogen) atoms. The second kappa shape index (κ2) is 2.99. The van der Waals surface area contributed by atoms with Crippen LogP contribution in [0, 0.1) is 5.92 Å². The van der Waals surface area contributed by atoms with Gasteiger partial charge in [-0.3, -0.25) is 0 Å². The molecule has 2 heteroatoms. The summed E-state index contributed by atoms with van der Waals surface area (Å²) >= 11 is 0. The lowest BCUT2D eigenvalue weighted by Crippen LogP contribution is -2.32. The molecule has 2 fully saturated rings. The minimum absolute atomic E-state index is 0.205. The third-order valence-electron chi connectivity index (χ3n) is 4.28. The van der Waals surface area contributed by atoms with E-state index in [1.165, 1.54) is 24.8 Å². The first-order chi connectivity index (χ1) is 7.23. The van der Waals surface area contributed by atoms with Crippen molar-refractivity contribution in [3.63, 3.8) is 0 Å². The topological polar surface area (TPSA) is 46.2 Å².